The van der Waals surface area contributed by atoms with Gasteiger partial charge in [-0.1, -0.05) is 20.3 Å². The quantitative estimate of drug-likeness (QED) is 0.709. The van der Waals surface area contributed by atoms with Crippen molar-refractivity contribution < 1.29 is 19.4 Å². The van der Waals surface area contributed by atoms with Crippen molar-refractivity contribution in [2.24, 2.45) is 0 Å². The van der Waals surface area contributed by atoms with E-state index in [-0.39, 0.29) is 0 Å². The van der Waals surface area contributed by atoms with Crippen LogP contribution < -0.4 is 0 Å². The van der Waals surface area contributed by atoms with Crippen LogP contribution in [0.25, 0.3) is 0 Å². The Bertz CT molecular complexity index is 264. The fourth-order valence-electron chi connectivity index (χ4n) is 1.77. The lowest BCUT2D eigenvalue weighted by Gasteiger charge is -2.24. The Hall–Kier alpha value is -0.870. The normalized spacial score (nSPS) is 20.0. The number of carbonyl (C=O) groups is 1. The highest BCUT2D eigenvalue weighted by molar-refractivity contribution is 5.86. The number of hydrogen-bond donors (Lipinski definition) is 1. The molecule has 0 aromatic carbocycles. The highest BCUT2D eigenvalue weighted by atomic mass is 16.7. The Morgan fingerprint density at radius 3 is 2.44 bits per heavy atom. The maximum atomic E-state index is 11.0. The highest BCUT2D eigenvalue weighted by Gasteiger charge is 2.34. The third kappa shape index (κ3) is 3.32. The second kappa shape index (κ2) is 6.01. The molecule has 0 aromatic rings. The number of hydrogen-bond acceptors (Lipinski definition) is 3. The first-order valence-electron chi connectivity index (χ1n) is 5.86. The Morgan fingerprint density at radius 2 is 2.00 bits per heavy atom. The van der Waals surface area contributed by atoms with Crippen LogP contribution in [0, 0.1) is 0 Å². The molecule has 92 valence electrons. The molecule has 0 aliphatic carbocycles. The molecule has 1 fully saturated rings. The van der Waals surface area contributed by atoms with E-state index in [1.54, 1.807) is 6.08 Å². The van der Waals surface area contributed by atoms with E-state index in [1.807, 2.05) is 6.92 Å². The van der Waals surface area contributed by atoms with Gasteiger partial charge in [0.25, 0.3) is 0 Å². The zero-order valence-corrected chi connectivity index (χ0v) is 9.99. The molecule has 0 atom stereocenters. The number of carboxylic acid groups (broad SMARTS) is 1. The van der Waals surface area contributed by atoms with E-state index in [9.17, 15) is 4.79 Å². The Kier molecular flexibility index (Phi) is 4.96. The van der Waals surface area contributed by atoms with E-state index in [0.717, 1.165) is 19.3 Å². The van der Waals surface area contributed by atoms with Crippen LogP contribution in [-0.2, 0) is 14.3 Å². The van der Waals surface area contributed by atoms with Crippen LogP contribution in [0.2, 0.25) is 0 Å². The standard InChI is InChI=1S/C12H20O4/c1-3-5-6-12(15-7-8-16-12)9-10(4-2)11(13)14/h9H,3-8H2,1-2H3,(H,13,14). The molecule has 0 unspecified atom stereocenters. The van der Waals surface area contributed by atoms with Crippen molar-refractivity contribution in [3.05, 3.63) is 11.6 Å². The monoisotopic (exact) mass is 228 g/mol. The lowest BCUT2D eigenvalue weighted by molar-refractivity contribution is -0.135. The van der Waals surface area contributed by atoms with E-state index in [2.05, 4.69) is 6.92 Å². The van der Waals surface area contributed by atoms with Crippen molar-refractivity contribution in [1.29, 1.82) is 0 Å². The number of aliphatic carboxylic acids is 1. The van der Waals surface area contributed by atoms with Crippen LogP contribution in [0.4, 0.5) is 0 Å². The molecule has 1 saturated heterocycles. The molecule has 16 heavy (non-hydrogen) atoms. The van der Waals surface area contributed by atoms with Gasteiger partial charge in [-0.3, -0.25) is 0 Å². The van der Waals surface area contributed by atoms with Gasteiger partial charge in [0.2, 0.25) is 0 Å². The van der Waals surface area contributed by atoms with Crippen molar-refractivity contribution in [3.63, 3.8) is 0 Å². The summed E-state index contributed by atoms with van der Waals surface area (Å²) in [6.45, 7) is 4.99. The van der Waals surface area contributed by atoms with E-state index < -0.39 is 11.8 Å². The van der Waals surface area contributed by atoms with Crippen molar-refractivity contribution in [1.82, 2.24) is 0 Å². The summed E-state index contributed by atoms with van der Waals surface area (Å²) in [5, 5.41) is 8.99. The van der Waals surface area contributed by atoms with Crippen molar-refractivity contribution in [2.45, 2.75) is 45.3 Å². The smallest absolute Gasteiger partial charge is 0.331 e. The van der Waals surface area contributed by atoms with Crippen molar-refractivity contribution in [3.8, 4) is 0 Å². The van der Waals surface area contributed by atoms with Gasteiger partial charge in [-0.15, -0.1) is 0 Å². The average Bonchev–Trinajstić information content (AvgIpc) is 2.72. The van der Waals surface area contributed by atoms with Crippen LogP contribution in [0.3, 0.4) is 0 Å². The third-order valence-electron chi connectivity index (χ3n) is 2.70. The summed E-state index contributed by atoms with van der Waals surface area (Å²) in [5.41, 5.74) is 0.359. The van der Waals surface area contributed by atoms with Gasteiger partial charge in [-0.2, -0.15) is 0 Å². The van der Waals surface area contributed by atoms with Gasteiger partial charge in [0.1, 0.15) is 0 Å². The van der Waals surface area contributed by atoms with Gasteiger partial charge in [-0.25, -0.2) is 4.79 Å². The second-order valence-corrected chi connectivity index (χ2v) is 3.94. The first-order valence-corrected chi connectivity index (χ1v) is 5.86. The van der Waals surface area contributed by atoms with E-state index >= 15 is 0 Å². The van der Waals surface area contributed by atoms with Crippen LogP contribution in [0.1, 0.15) is 39.5 Å². The third-order valence-corrected chi connectivity index (χ3v) is 2.70. The Morgan fingerprint density at radius 1 is 1.38 bits per heavy atom. The lowest BCUT2D eigenvalue weighted by Crippen LogP contribution is -2.28. The van der Waals surface area contributed by atoms with E-state index in [4.69, 9.17) is 14.6 Å². The predicted molar refractivity (Wildman–Crippen MR) is 60.2 cm³/mol. The van der Waals surface area contributed by atoms with Gasteiger partial charge < -0.3 is 14.6 Å². The Balaban J connectivity index is 2.80. The van der Waals surface area contributed by atoms with Crippen molar-refractivity contribution in [2.75, 3.05) is 13.2 Å². The fraction of sp³-hybridized carbons (Fsp3) is 0.750. The van der Waals surface area contributed by atoms with Gasteiger partial charge >= 0.3 is 5.97 Å². The van der Waals surface area contributed by atoms with Crippen LogP contribution in [0.15, 0.2) is 11.6 Å². The molecule has 1 rings (SSSR count). The van der Waals surface area contributed by atoms with E-state index in [0.29, 0.717) is 25.2 Å². The Labute approximate surface area is 96.2 Å². The fourth-order valence-corrected chi connectivity index (χ4v) is 1.77. The lowest BCUT2D eigenvalue weighted by atomic mass is 10.0. The maximum absolute atomic E-state index is 11.0. The van der Waals surface area contributed by atoms with Crippen LogP contribution in [0.5, 0.6) is 0 Å². The molecule has 1 aliphatic rings. The molecule has 0 bridgehead atoms. The summed E-state index contributed by atoms with van der Waals surface area (Å²) in [6.07, 6.45) is 4.85. The largest absolute Gasteiger partial charge is 0.478 e. The zero-order valence-electron chi connectivity index (χ0n) is 9.99. The number of unbranched alkanes of at least 4 members (excludes halogenated alkanes) is 1. The number of ether oxygens (including phenoxy) is 2. The molecule has 1 aliphatic heterocycles. The summed E-state index contributed by atoms with van der Waals surface area (Å²) >= 11 is 0. The summed E-state index contributed by atoms with van der Waals surface area (Å²) < 4.78 is 11.1. The van der Waals surface area contributed by atoms with Crippen molar-refractivity contribution >= 4 is 5.97 Å². The molecule has 0 spiro atoms. The molecule has 4 heteroatoms. The summed E-state index contributed by atoms with van der Waals surface area (Å²) in [4.78, 5) is 11.0. The molecular weight excluding hydrogens is 208 g/mol. The summed E-state index contributed by atoms with van der Waals surface area (Å²) in [5.74, 6) is -1.68. The van der Waals surface area contributed by atoms with E-state index in [1.165, 1.54) is 0 Å². The molecule has 0 saturated carbocycles. The second-order valence-electron chi connectivity index (χ2n) is 3.94. The predicted octanol–water partition coefficient (Wildman–Crippen LogP) is 2.34. The minimum Gasteiger partial charge on any atom is -0.478 e. The first kappa shape index (κ1) is 13.2. The van der Waals surface area contributed by atoms with Gasteiger partial charge in [0, 0.05) is 12.0 Å². The molecular formula is C12H20O4. The SMILES string of the molecule is CCCCC1(C=C(CC)C(=O)O)OCCO1. The summed E-state index contributed by atoms with van der Waals surface area (Å²) in [6, 6.07) is 0. The van der Waals surface area contributed by atoms with Crippen LogP contribution >= 0.6 is 0 Å². The van der Waals surface area contributed by atoms with Gasteiger partial charge in [0.15, 0.2) is 5.79 Å². The molecule has 0 radical (unpaired) electrons. The molecule has 0 aromatic heterocycles. The zero-order chi connectivity index (χ0) is 12.0. The number of carboxylic acids is 1. The summed E-state index contributed by atoms with van der Waals surface area (Å²) in [7, 11) is 0. The number of rotatable bonds is 6. The highest BCUT2D eigenvalue weighted by Crippen LogP contribution is 2.29. The molecule has 1 heterocycles. The average molecular weight is 228 g/mol. The molecule has 4 nitrogen and oxygen atoms in total. The van der Waals surface area contributed by atoms with Gasteiger partial charge in [0.05, 0.1) is 13.2 Å². The van der Waals surface area contributed by atoms with Gasteiger partial charge in [-0.05, 0) is 18.9 Å². The minimum absolute atomic E-state index is 0.359. The van der Waals surface area contributed by atoms with Crippen LogP contribution in [-0.4, -0.2) is 30.1 Å². The molecule has 0 amide bonds. The minimum atomic E-state index is -0.891. The molecule has 1 N–H and O–H groups in total. The topological polar surface area (TPSA) is 55.8 Å². The first-order chi connectivity index (χ1) is 7.63. The maximum Gasteiger partial charge on any atom is 0.331 e.